The number of carbonyl (C=O) groups excluding carboxylic acids is 1. The Bertz CT molecular complexity index is 309. The molecule has 0 atom stereocenters. The first-order valence-corrected chi connectivity index (χ1v) is 6.28. The molecule has 0 bridgehead atoms. The highest BCUT2D eigenvalue weighted by Gasteiger charge is 2.03. The van der Waals surface area contributed by atoms with Crippen molar-refractivity contribution in [1.29, 1.82) is 0 Å². The molecule has 0 spiro atoms. The summed E-state index contributed by atoms with van der Waals surface area (Å²) >= 11 is 1.63. The molecule has 1 aromatic heterocycles. The van der Waals surface area contributed by atoms with E-state index in [1.807, 2.05) is 12.3 Å². The van der Waals surface area contributed by atoms with Gasteiger partial charge in [0.15, 0.2) is 0 Å². The zero-order valence-electron chi connectivity index (χ0n) is 9.38. The van der Waals surface area contributed by atoms with Crippen LogP contribution in [0.15, 0.2) is 5.38 Å². The smallest absolute Gasteiger partial charge is 0.220 e. The third kappa shape index (κ3) is 4.93. The largest absolute Gasteiger partial charge is 0.356 e. The zero-order chi connectivity index (χ0) is 11.1. The number of nitrogens with zero attached hydrogens (tertiary/aromatic N) is 1. The molecule has 1 heterocycles. The maximum atomic E-state index is 11.4. The van der Waals surface area contributed by atoms with Gasteiger partial charge in [0.2, 0.25) is 5.91 Å². The Morgan fingerprint density at radius 1 is 1.60 bits per heavy atom. The average molecular weight is 226 g/mol. The van der Waals surface area contributed by atoms with E-state index >= 15 is 0 Å². The minimum absolute atomic E-state index is 0.135. The minimum Gasteiger partial charge on any atom is -0.356 e. The third-order valence-corrected chi connectivity index (χ3v) is 3.11. The first kappa shape index (κ1) is 12.2. The second kappa shape index (κ2) is 6.56. The van der Waals surface area contributed by atoms with Crippen molar-refractivity contribution in [2.75, 3.05) is 6.54 Å². The van der Waals surface area contributed by atoms with Crippen molar-refractivity contribution in [3.63, 3.8) is 0 Å². The SMILES string of the molecule is CCCCNC(=O)CCc1nc(C)cs1. The van der Waals surface area contributed by atoms with E-state index in [-0.39, 0.29) is 5.91 Å². The molecule has 4 heteroatoms. The van der Waals surface area contributed by atoms with Crippen LogP contribution in [0.2, 0.25) is 0 Å². The van der Waals surface area contributed by atoms with Crippen molar-refractivity contribution in [3.8, 4) is 0 Å². The van der Waals surface area contributed by atoms with Crippen molar-refractivity contribution < 1.29 is 4.79 Å². The summed E-state index contributed by atoms with van der Waals surface area (Å²) in [4.78, 5) is 15.7. The van der Waals surface area contributed by atoms with Gasteiger partial charge < -0.3 is 5.32 Å². The fourth-order valence-corrected chi connectivity index (χ4v) is 2.01. The Morgan fingerprint density at radius 2 is 2.40 bits per heavy atom. The number of aromatic nitrogens is 1. The number of carbonyl (C=O) groups is 1. The zero-order valence-corrected chi connectivity index (χ0v) is 10.2. The van der Waals surface area contributed by atoms with Gasteiger partial charge in [-0.2, -0.15) is 0 Å². The predicted molar refractivity (Wildman–Crippen MR) is 63.1 cm³/mol. The number of hydrogen-bond donors (Lipinski definition) is 1. The van der Waals surface area contributed by atoms with Gasteiger partial charge in [0.25, 0.3) is 0 Å². The van der Waals surface area contributed by atoms with Crippen molar-refractivity contribution in [2.45, 2.75) is 39.5 Å². The quantitative estimate of drug-likeness (QED) is 0.756. The first-order chi connectivity index (χ1) is 7.22. The molecule has 0 fully saturated rings. The van der Waals surface area contributed by atoms with Gasteiger partial charge in [-0.1, -0.05) is 13.3 Å². The van der Waals surface area contributed by atoms with Crippen LogP contribution in [0.3, 0.4) is 0 Å². The molecule has 0 aliphatic rings. The van der Waals surface area contributed by atoms with E-state index in [0.717, 1.165) is 36.5 Å². The predicted octanol–water partition coefficient (Wildman–Crippen LogP) is 2.30. The van der Waals surface area contributed by atoms with Crippen LogP contribution < -0.4 is 5.32 Å². The standard InChI is InChI=1S/C11H18N2OS/c1-3-4-7-12-10(14)5-6-11-13-9(2)8-15-11/h8H,3-7H2,1-2H3,(H,12,14). The van der Waals surface area contributed by atoms with Crippen LogP contribution in [0.5, 0.6) is 0 Å². The normalized spacial score (nSPS) is 10.3. The highest BCUT2D eigenvalue weighted by molar-refractivity contribution is 7.09. The summed E-state index contributed by atoms with van der Waals surface area (Å²) in [6.07, 6.45) is 3.49. The van der Waals surface area contributed by atoms with Crippen LogP contribution in [-0.4, -0.2) is 17.4 Å². The molecule has 1 aromatic rings. The molecule has 0 aromatic carbocycles. The molecular weight excluding hydrogens is 208 g/mol. The van der Waals surface area contributed by atoms with E-state index in [1.54, 1.807) is 11.3 Å². The second-order valence-electron chi connectivity index (χ2n) is 3.59. The van der Waals surface area contributed by atoms with Crippen LogP contribution >= 0.6 is 11.3 Å². The van der Waals surface area contributed by atoms with E-state index in [4.69, 9.17) is 0 Å². The Hall–Kier alpha value is -0.900. The summed E-state index contributed by atoms with van der Waals surface area (Å²) in [5.74, 6) is 0.135. The van der Waals surface area contributed by atoms with E-state index in [1.165, 1.54) is 0 Å². The summed E-state index contributed by atoms with van der Waals surface area (Å²) < 4.78 is 0. The Labute approximate surface area is 94.9 Å². The third-order valence-electron chi connectivity index (χ3n) is 2.08. The van der Waals surface area contributed by atoms with Gasteiger partial charge in [0.1, 0.15) is 0 Å². The van der Waals surface area contributed by atoms with Crippen LogP contribution in [0, 0.1) is 6.92 Å². The fraction of sp³-hybridized carbons (Fsp3) is 0.636. The van der Waals surface area contributed by atoms with Gasteiger partial charge >= 0.3 is 0 Å². The number of amides is 1. The number of thiazole rings is 1. The molecule has 0 radical (unpaired) electrons. The van der Waals surface area contributed by atoms with Crippen molar-refractivity contribution in [2.24, 2.45) is 0 Å². The summed E-state index contributed by atoms with van der Waals surface area (Å²) in [6.45, 7) is 4.89. The van der Waals surface area contributed by atoms with Crippen LogP contribution in [0.4, 0.5) is 0 Å². The maximum Gasteiger partial charge on any atom is 0.220 e. The van der Waals surface area contributed by atoms with E-state index < -0.39 is 0 Å². The molecule has 1 amide bonds. The summed E-state index contributed by atoms with van der Waals surface area (Å²) in [5, 5.41) is 5.97. The van der Waals surface area contributed by atoms with Crippen molar-refractivity contribution in [3.05, 3.63) is 16.1 Å². The van der Waals surface area contributed by atoms with Gasteiger partial charge in [-0.05, 0) is 13.3 Å². The van der Waals surface area contributed by atoms with Crippen LogP contribution in [-0.2, 0) is 11.2 Å². The minimum atomic E-state index is 0.135. The van der Waals surface area contributed by atoms with Gasteiger partial charge in [-0.3, -0.25) is 4.79 Å². The molecule has 1 rings (SSSR count). The highest BCUT2D eigenvalue weighted by Crippen LogP contribution is 2.10. The summed E-state index contributed by atoms with van der Waals surface area (Å²) in [5.41, 5.74) is 1.04. The molecular formula is C11H18N2OS. The topological polar surface area (TPSA) is 42.0 Å². The lowest BCUT2D eigenvalue weighted by Crippen LogP contribution is -2.24. The molecule has 0 saturated carbocycles. The van der Waals surface area contributed by atoms with Crippen molar-refractivity contribution >= 4 is 17.2 Å². The first-order valence-electron chi connectivity index (χ1n) is 5.40. The van der Waals surface area contributed by atoms with E-state index in [0.29, 0.717) is 6.42 Å². The molecule has 3 nitrogen and oxygen atoms in total. The lowest BCUT2D eigenvalue weighted by Gasteiger charge is -2.02. The molecule has 0 saturated heterocycles. The van der Waals surface area contributed by atoms with Gasteiger partial charge in [-0.25, -0.2) is 4.98 Å². The number of hydrogen-bond acceptors (Lipinski definition) is 3. The molecule has 15 heavy (non-hydrogen) atoms. The van der Waals surface area contributed by atoms with Gasteiger partial charge in [-0.15, -0.1) is 11.3 Å². The van der Waals surface area contributed by atoms with Crippen molar-refractivity contribution in [1.82, 2.24) is 10.3 Å². The lowest BCUT2D eigenvalue weighted by molar-refractivity contribution is -0.121. The molecule has 0 aliphatic heterocycles. The van der Waals surface area contributed by atoms with E-state index in [2.05, 4.69) is 17.2 Å². The molecule has 84 valence electrons. The second-order valence-corrected chi connectivity index (χ2v) is 4.53. The summed E-state index contributed by atoms with van der Waals surface area (Å²) in [7, 11) is 0. The average Bonchev–Trinajstić information content (AvgIpc) is 2.62. The lowest BCUT2D eigenvalue weighted by atomic mass is 10.3. The molecule has 0 unspecified atom stereocenters. The molecule has 1 N–H and O–H groups in total. The van der Waals surface area contributed by atoms with Crippen LogP contribution in [0.1, 0.15) is 36.9 Å². The monoisotopic (exact) mass is 226 g/mol. The van der Waals surface area contributed by atoms with Gasteiger partial charge in [0, 0.05) is 30.5 Å². The number of rotatable bonds is 6. The number of aryl methyl sites for hydroxylation is 2. The number of nitrogens with one attached hydrogen (secondary N) is 1. The van der Waals surface area contributed by atoms with Gasteiger partial charge in [0.05, 0.1) is 5.01 Å². The molecule has 0 aliphatic carbocycles. The summed E-state index contributed by atoms with van der Waals surface area (Å²) in [6, 6.07) is 0. The number of unbranched alkanes of at least 4 members (excludes halogenated alkanes) is 1. The highest BCUT2D eigenvalue weighted by atomic mass is 32.1. The van der Waals surface area contributed by atoms with E-state index in [9.17, 15) is 4.79 Å². The Kier molecular flexibility index (Phi) is 5.32. The Balaban J connectivity index is 2.16. The van der Waals surface area contributed by atoms with Crippen LogP contribution in [0.25, 0.3) is 0 Å². The Morgan fingerprint density at radius 3 is 3.00 bits per heavy atom. The maximum absolute atomic E-state index is 11.4. The fourth-order valence-electron chi connectivity index (χ4n) is 1.23.